The molecule has 128 valence electrons. The molecule has 26 heavy (non-hydrogen) atoms. The lowest BCUT2D eigenvalue weighted by Crippen LogP contribution is -2.01. The first-order valence-electron chi connectivity index (χ1n) is 8.18. The lowest BCUT2D eigenvalue weighted by molar-refractivity contribution is 0.573. The molecule has 0 aliphatic rings. The molecule has 0 atom stereocenters. The molecule has 0 unspecified atom stereocenters. The van der Waals surface area contributed by atoms with Gasteiger partial charge in [0.05, 0.1) is 11.6 Å². The minimum atomic E-state index is 0.580. The van der Waals surface area contributed by atoms with Crippen molar-refractivity contribution in [2.24, 2.45) is 0 Å². The van der Waals surface area contributed by atoms with Gasteiger partial charge >= 0.3 is 0 Å². The predicted octanol–water partition coefficient (Wildman–Crippen LogP) is 2.83. The number of aromatic nitrogens is 6. The van der Waals surface area contributed by atoms with Crippen molar-refractivity contribution in [1.82, 2.24) is 30.2 Å². The van der Waals surface area contributed by atoms with Crippen LogP contribution in [0, 0.1) is 11.3 Å². The van der Waals surface area contributed by atoms with Crippen LogP contribution in [0.5, 0.6) is 0 Å². The summed E-state index contributed by atoms with van der Waals surface area (Å²) in [4.78, 5) is 4.41. The Bertz CT molecular complexity index is 1040. The Morgan fingerprint density at radius 1 is 1.15 bits per heavy atom. The molecule has 0 amide bonds. The van der Waals surface area contributed by atoms with E-state index >= 15 is 0 Å². The van der Waals surface area contributed by atoms with Crippen LogP contribution < -0.4 is 0 Å². The number of hydrogen-bond donors (Lipinski definition) is 1. The second-order valence-electron chi connectivity index (χ2n) is 5.70. The van der Waals surface area contributed by atoms with Crippen molar-refractivity contribution < 1.29 is 4.42 Å². The lowest BCUT2D eigenvalue weighted by Gasteiger charge is -2.05. The molecule has 1 N–H and O–H groups in total. The van der Waals surface area contributed by atoms with E-state index in [1.165, 1.54) is 0 Å². The molecule has 0 aliphatic heterocycles. The zero-order chi connectivity index (χ0) is 17.8. The number of nitrogens with zero attached hydrogens (tertiary/aromatic N) is 6. The minimum Gasteiger partial charge on any atom is -0.453 e. The van der Waals surface area contributed by atoms with Gasteiger partial charge in [-0.05, 0) is 30.7 Å². The molecule has 0 radical (unpaired) electrons. The SMILES string of the molecule is N#Cc1ccccc1-c1ccc(-c2nccn2CCCc2nn[nH]n2)o1. The Morgan fingerprint density at radius 3 is 2.88 bits per heavy atom. The first-order valence-corrected chi connectivity index (χ1v) is 8.18. The third kappa shape index (κ3) is 3.10. The van der Waals surface area contributed by atoms with Crippen LogP contribution in [-0.2, 0) is 13.0 Å². The molecule has 8 heteroatoms. The van der Waals surface area contributed by atoms with Gasteiger partial charge in [0.25, 0.3) is 0 Å². The number of nitriles is 1. The van der Waals surface area contributed by atoms with Crippen LogP contribution in [-0.4, -0.2) is 30.2 Å². The van der Waals surface area contributed by atoms with Crippen LogP contribution >= 0.6 is 0 Å². The molecule has 1 aromatic carbocycles. The Morgan fingerprint density at radius 2 is 2.04 bits per heavy atom. The summed E-state index contributed by atoms with van der Waals surface area (Å²) in [6.07, 6.45) is 5.24. The van der Waals surface area contributed by atoms with E-state index in [2.05, 4.69) is 31.7 Å². The number of aromatic amines is 1. The summed E-state index contributed by atoms with van der Waals surface area (Å²) in [5, 5.41) is 23.2. The number of benzene rings is 1. The Hall–Kier alpha value is -3.73. The quantitative estimate of drug-likeness (QED) is 0.575. The van der Waals surface area contributed by atoms with Gasteiger partial charge in [-0.1, -0.05) is 17.3 Å². The molecule has 0 aliphatic carbocycles. The smallest absolute Gasteiger partial charge is 0.176 e. The average Bonchev–Trinajstić information content (AvgIpc) is 3.43. The van der Waals surface area contributed by atoms with Gasteiger partial charge in [-0.15, -0.1) is 10.2 Å². The second-order valence-corrected chi connectivity index (χ2v) is 5.70. The van der Waals surface area contributed by atoms with E-state index in [0.717, 1.165) is 30.8 Å². The molecule has 0 fully saturated rings. The van der Waals surface area contributed by atoms with E-state index in [-0.39, 0.29) is 0 Å². The maximum Gasteiger partial charge on any atom is 0.176 e. The molecule has 3 heterocycles. The number of rotatable bonds is 6. The maximum atomic E-state index is 9.27. The Labute approximate surface area is 149 Å². The highest BCUT2D eigenvalue weighted by atomic mass is 16.3. The third-order valence-corrected chi connectivity index (χ3v) is 4.04. The van der Waals surface area contributed by atoms with E-state index in [0.29, 0.717) is 22.9 Å². The van der Waals surface area contributed by atoms with E-state index in [1.807, 2.05) is 41.1 Å². The fraction of sp³-hybridized carbons (Fsp3) is 0.167. The number of furan rings is 1. The number of imidazole rings is 1. The highest BCUT2D eigenvalue weighted by molar-refractivity contribution is 5.68. The summed E-state index contributed by atoms with van der Waals surface area (Å²) >= 11 is 0. The molecule has 8 nitrogen and oxygen atoms in total. The number of aryl methyl sites for hydroxylation is 2. The third-order valence-electron chi connectivity index (χ3n) is 4.04. The second kappa shape index (κ2) is 7.03. The summed E-state index contributed by atoms with van der Waals surface area (Å²) in [6.45, 7) is 0.759. The predicted molar refractivity (Wildman–Crippen MR) is 92.6 cm³/mol. The molecule has 0 saturated carbocycles. The molecule has 3 aromatic heterocycles. The van der Waals surface area contributed by atoms with Crippen LogP contribution in [0.1, 0.15) is 17.8 Å². The van der Waals surface area contributed by atoms with Gasteiger partial charge in [-0.2, -0.15) is 10.5 Å². The monoisotopic (exact) mass is 345 g/mol. The van der Waals surface area contributed by atoms with Crippen molar-refractivity contribution in [2.75, 3.05) is 0 Å². The average molecular weight is 345 g/mol. The van der Waals surface area contributed by atoms with E-state index in [4.69, 9.17) is 4.42 Å². The molecular formula is C18H15N7O. The fourth-order valence-electron chi connectivity index (χ4n) is 2.81. The number of H-pyrrole nitrogens is 1. The first-order chi connectivity index (χ1) is 12.8. The van der Waals surface area contributed by atoms with E-state index in [9.17, 15) is 5.26 Å². The van der Waals surface area contributed by atoms with Gasteiger partial charge in [-0.3, -0.25) is 0 Å². The van der Waals surface area contributed by atoms with Crippen LogP contribution in [0.25, 0.3) is 22.9 Å². The maximum absolute atomic E-state index is 9.27. The molecular weight excluding hydrogens is 330 g/mol. The van der Waals surface area contributed by atoms with E-state index in [1.54, 1.807) is 12.3 Å². The topological polar surface area (TPSA) is 109 Å². The van der Waals surface area contributed by atoms with Gasteiger partial charge < -0.3 is 8.98 Å². The van der Waals surface area contributed by atoms with Crippen molar-refractivity contribution >= 4 is 0 Å². The Balaban J connectivity index is 1.53. The van der Waals surface area contributed by atoms with Gasteiger partial charge in [0.1, 0.15) is 5.76 Å². The summed E-state index contributed by atoms with van der Waals surface area (Å²) in [5.41, 5.74) is 1.35. The molecule has 0 saturated heterocycles. The molecule has 4 aromatic rings. The van der Waals surface area contributed by atoms with Crippen molar-refractivity contribution in [3.05, 3.63) is 60.2 Å². The lowest BCUT2D eigenvalue weighted by atomic mass is 10.1. The van der Waals surface area contributed by atoms with Gasteiger partial charge in [-0.25, -0.2) is 4.98 Å². The van der Waals surface area contributed by atoms with Crippen molar-refractivity contribution in [3.63, 3.8) is 0 Å². The highest BCUT2D eigenvalue weighted by Crippen LogP contribution is 2.29. The highest BCUT2D eigenvalue weighted by Gasteiger charge is 2.14. The first kappa shape index (κ1) is 15.8. The van der Waals surface area contributed by atoms with Gasteiger partial charge in [0, 0.05) is 30.9 Å². The fourth-order valence-corrected chi connectivity index (χ4v) is 2.81. The van der Waals surface area contributed by atoms with Gasteiger partial charge in [0.2, 0.25) is 0 Å². The largest absolute Gasteiger partial charge is 0.453 e. The van der Waals surface area contributed by atoms with Crippen LogP contribution in [0.15, 0.2) is 53.2 Å². The zero-order valence-electron chi connectivity index (χ0n) is 13.8. The summed E-state index contributed by atoms with van der Waals surface area (Å²) in [6, 6.07) is 13.3. The summed E-state index contributed by atoms with van der Waals surface area (Å²) in [7, 11) is 0. The summed E-state index contributed by atoms with van der Waals surface area (Å²) < 4.78 is 8.00. The van der Waals surface area contributed by atoms with Gasteiger partial charge in [0.15, 0.2) is 17.4 Å². The normalized spacial score (nSPS) is 10.7. The number of nitrogens with one attached hydrogen (secondary N) is 1. The Kier molecular flexibility index (Phi) is 4.26. The number of tetrazole rings is 1. The summed E-state index contributed by atoms with van der Waals surface area (Å²) in [5.74, 6) is 2.76. The standard InChI is InChI=1S/C18H15N7O/c19-12-13-4-1-2-5-14(13)15-7-8-16(26-15)18-20-9-11-25(18)10-3-6-17-21-23-24-22-17/h1-2,4-5,7-9,11H,3,6,10H2,(H,21,22,23,24). The molecule has 4 rings (SSSR count). The van der Waals surface area contributed by atoms with E-state index < -0.39 is 0 Å². The molecule has 0 bridgehead atoms. The van der Waals surface area contributed by atoms with Crippen LogP contribution in [0.2, 0.25) is 0 Å². The van der Waals surface area contributed by atoms with Crippen molar-refractivity contribution in [2.45, 2.75) is 19.4 Å². The molecule has 0 spiro atoms. The van der Waals surface area contributed by atoms with Crippen molar-refractivity contribution in [3.8, 4) is 29.0 Å². The zero-order valence-corrected chi connectivity index (χ0v) is 13.8. The van der Waals surface area contributed by atoms with Crippen molar-refractivity contribution in [1.29, 1.82) is 5.26 Å². The van der Waals surface area contributed by atoms with Crippen LogP contribution in [0.4, 0.5) is 0 Å². The number of hydrogen-bond acceptors (Lipinski definition) is 6. The minimum absolute atomic E-state index is 0.580. The van der Waals surface area contributed by atoms with Crippen LogP contribution in [0.3, 0.4) is 0 Å².